The van der Waals surface area contributed by atoms with Crippen LogP contribution >= 0.6 is 0 Å². The van der Waals surface area contributed by atoms with E-state index in [0.29, 0.717) is 5.56 Å². The molecule has 3 N–H and O–H groups in total. The molecule has 104 valence electrons. The Kier molecular flexibility index (Phi) is 3.69. The number of nitrogen functional groups attached to an aromatic ring is 1. The first-order chi connectivity index (χ1) is 9.52. The Hall–Kier alpha value is -2.83. The number of aromatic amines is 1. The van der Waals surface area contributed by atoms with E-state index in [1.165, 1.54) is 7.11 Å². The van der Waals surface area contributed by atoms with Crippen molar-refractivity contribution in [2.75, 3.05) is 12.8 Å². The standard InChI is InChI=1S/C13H13N3O4/c1-20-13(19)12-8(3-2-4-9(12)14)7-16-11(18)6-5-10(17)15-16/h2-6H,7,14H2,1H3,(H,15,17). The van der Waals surface area contributed by atoms with Gasteiger partial charge in [0.25, 0.3) is 11.1 Å². The average Bonchev–Trinajstić information content (AvgIpc) is 2.42. The topological polar surface area (TPSA) is 107 Å². The molecule has 0 fully saturated rings. The van der Waals surface area contributed by atoms with Crippen LogP contribution in [0.25, 0.3) is 0 Å². The fourth-order valence-electron chi connectivity index (χ4n) is 1.85. The van der Waals surface area contributed by atoms with Gasteiger partial charge in [0.1, 0.15) is 0 Å². The van der Waals surface area contributed by atoms with Crippen LogP contribution in [-0.4, -0.2) is 22.9 Å². The Morgan fingerprint density at radius 3 is 2.75 bits per heavy atom. The number of aromatic nitrogens is 2. The number of nitrogens with zero attached hydrogens (tertiary/aromatic N) is 1. The van der Waals surface area contributed by atoms with Crippen molar-refractivity contribution in [2.24, 2.45) is 0 Å². The van der Waals surface area contributed by atoms with Crippen LogP contribution in [0.5, 0.6) is 0 Å². The molecule has 0 aliphatic heterocycles. The Morgan fingerprint density at radius 1 is 1.30 bits per heavy atom. The molecule has 0 unspecified atom stereocenters. The Morgan fingerprint density at radius 2 is 2.05 bits per heavy atom. The molecule has 2 aromatic rings. The van der Waals surface area contributed by atoms with E-state index in [4.69, 9.17) is 5.73 Å². The number of rotatable bonds is 3. The molecule has 0 bridgehead atoms. The lowest BCUT2D eigenvalue weighted by atomic mass is 10.1. The third-order valence-corrected chi connectivity index (χ3v) is 2.79. The van der Waals surface area contributed by atoms with Gasteiger partial charge in [-0.15, -0.1) is 0 Å². The zero-order valence-corrected chi connectivity index (χ0v) is 10.8. The number of ether oxygens (including phenoxy) is 1. The minimum atomic E-state index is -0.593. The number of H-pyrrole nitrogens is 1. The van der Waals surface area contributed by atoms with E-state index in [1.54, 1.807) is 18.2 Å². The summed E-state index contributed by atoms with van der Waals surface area (Å²) in [4.78, 5) is 34.6. The lowest BCUT2D eigenvalue weighted by molar-refractivity contribution is 0.0600. The van der Waals surface area contributed by atoms with E-state index >= 15 is 0 Å². The largest absolute Gasteiger partial charge is 0.465 e. The molecule has 0 radical (unpaired) electrons. The monoisotopic (exact) mass is 275 g/mol. The van der Waals surface area contributed by atoms with E-state index in [9.17, 15) is 14.4 Å². The summed E-state index contributed by atoms with van der Waals surface area (Å²) in [7, 11) is 1.25. The summed E-state index contributed by atoms with van der Waals surface area (Å²) in [6.07, 6.45) is 0. The van der Waals surface area contributed by atoms with Crippen LogP contribution in [-0.2, 0) is 11.3 Å². The highest BCUT2D eigenvalue weighted by atomic mass is 16.5. The number of methoxy groups -OCH3 is 1. The van der Waals surface area contributed by atoms with Gasteiger partial charge in [-0.05, 0) is 11.6 Å². The summed E-state index contributed by atoms with van der Waals surface area (Å²) in [6.45, 7) is 0.0182. The van der Waals surface area contributed by atoms with Gasteiger partial charge >= 0.3 is 5.97 Å². The summed E-state index contributed by atoms with van der Waals surface area (Å²) in [5.41, 5.74) is 5.89. The average molecular weight is 275 g/mol. The second-order valence-corrected chi connectivity index (χ2v) is 4.11. The minimum Gasteiger partial charge on any atom is -0.465 e. The fourth-order valence-corrected chi connectivity index (χ4v) is 1.85. The maximum absolute atomic E-state index is 11.7. The normalized spacial score (nSPS) is 10.2. The summed E-state index contributed by atoms with van der Waals surface area (Å²) < 4.78 is 5.77. The number of carbonyl (C=O) groups excluding carboxylic acids is 1. The molecule has 0 aliphatic carbocycles. The van der Waals surface area contributed by atoms with Crippen LogP contribution in [0.15, 0.2) is 39.9 Å². The summed E-state index contributed by atoms with van der Waals surface area (Å²) in [5.74, 6) is -0.593. The van der Waals surface area contributed by atoms with Gasteiger partial charge in [0.15, 0.2) is 0 Å². The number of benzene rings is 1. The smallest absolute Gasteiger partial charge is 0.340 e. The first-order valence-corrected chi connectivity index (χ1v) is 5.79. The van der Waals surface area contributed by atoms with Gasteiger partial charge in [-0.2, -0.15) is 0 Å². The zero-order chi connectivity index (χ0) is 14.7. The van der Waals surface area contributed by atoms with Crippen LogP contribution < -0.4 is 16.9 Å². The van der Waals surface area contributed by atoms with Gasteiger partial charge in [0.05, 0.1) is 19.2 Å². The lowest BCUT2D eigenvalue weighted by Crippen LogP contribution is -2.29. The molecule has 0 atom stereocenters. The fraction of sp³-hybridized carbons (Fsp3) is 0.154. The molecule has 7 nitrogen and oxygen atoms in total. The second kappa shape index (κ2) is 5.43. The van der Waals surface area contributed by atoms with E-state index in [2.05, 4.69) is 9.84 Å². The van der Waals surface area contributed by atoms with E-state index in [0.717, 1.165) is 16.8 Å². The van der Waals surface area contributed by atoms with Crippen molar-refractivity contribution in [3.63, 3.8) is 0 Å². The second-order valence-electron chi connectivity index (χ2n) is 4.11. The predicted octanol–water partition coefficient (Wildman–Crippen LogP) is -0.0463. The van der Waals surface area contributed by atoms with E-state index in [1.807, 2.05) is 0 Å². The van der Waals surface area contributed by atoms with Crippen LogP contribution in [0, 0.1) is 0 Å². The van der Waals surface area contributed by atoms with E-state index in [-0.39, 0.29) is 23.4 Å². The Labute approximate surface area is 113 Å². The molecule has 2 rings (SSSR count). The van der Waals surface area contributed by atoms with Crippen molar-refractivity contribution in [2.45, 2.75) is 6.54 Å². The molecule has 0 spiro atoms. The highest BCUT2D eigenvalue weighted by Gasteiger charge is 2.16. The van der Waals surface area contributed by atoms with Crippen LogP contribution in [0.2, 0.25) is 0 Å². The quantitative estimate of drug-likeness (QED) is 0.603. The van der Waals surface area contributed by atoms with Crippen molar-refractivity contribution in [1.82, 2.24) is 9.78 Å². The summed E-state index contributed by atoms with van der Waals surface area (Å²) in [6, 6.07) is 7.15. The molecular formula is C13H13N3O4. The summed E-state index contributed by atoms with van der Waals surface area (Å²) >= 11 is 0. The number of nitrogens with one attached hydrogen (secondary N) is 1. The van der Waals surface area contributed by atoms with E-state index < -0.39 is 11.5 Å². The van der Waals surface area contributed by atoms with Crippen LogP contribution in [0.3, 0.4) is 0 Å². The molecule has 1 heterocycles. The van der Waals surface area contributed by atoms with Crippen molar-refractivity contribution < 1.29 is 9.53 Å². The van der Waals surface area contributed by atoms with Crippen LogP contribution in [0.4, 0.5) is 5.69 Å². The highest BCUT2D eigenvalue weighted by molar-refractivity contribution is 5.96. The van der Waals surface area contributed by atoms with Gasteiger partial charge < -0.3 is 10.5 Å². The molecule has 1 aromatic heterocycles. The number of anilines is 1. The first kappa shape index (κ1) is 13.6. The molecule has 7 heteroatoms. The Bertz CT molecular complexity index is 761. The Balaban J connectivity index is 2.51. The van der Waals surface area contributed by atoms with Gasteiger partial charge in [0.2, 0.25) is 0 Å². The number of carbonyl (C=O) groups is 1. The zero-order valence-electron chi connectivity index (χ0n) is 10.8. The van der Waals surface area contributed by atoms with Gasteiger partial charge in [-0.1, -0.05) is 12.1 Å². The first-order valence-electron chi connectivity index (χ1n) is 5.79. The van der Waals surface area contributed by atoms with Gasteiger partial charge in [-0.3, -0.25) is 14.7 Å². The van der Waals surface area contributed by atoms with Crippen molar-refractivity contribution in [1.29, 1.82) is 0 Å². The number of esters is 1. The predicted molar refractivity (Wildman–Crippen MR) is 72.6 cm³/mol. The molecule has 0 amide bonds. The SMILES string of the molecule is COC(=O)c1c(N)cccc1Cn1[nH]c(=O)ccc1=O. The summed E-state index contributed by atoms with van der Waals surface area (Å²) in [5, 5.41) is 2.38. The molecule has 20 heavy (non-hydrogen) atoms. The molecule has 0 saturated carbocycles. The van der Waals surface area contributed by atoms with Crippen molar-refractivity contribution >= 4 is 11.7 Å². The number of hydrogen-bond acceptors (Lipinski definition) is 5. The van der Waals surface area contributed by atoms with Gasteiger partial charge in [0, 0.05) is 17.8 Å². The number of hydrogen-bond donors (Lipinski definition) is 2. The maximum Gasteiger partial charge on any atom is 0.340 e. The molecular weight excluding hydrogens is 262 g/mol. The van der Waals surface area contributed by atoms with Crippen LogP contribution in [0.1, 0.15) is 15.9 Å². The molecule has 1 aromatic carbocycles. The molecule has 0 aliphatic rings. The molecule has 0 saturated heterocycles. The lowest BCUT2D eigenvalue weighted by Gasteiger charge is -2.11. The third-order valence-electron chi connectivity index (χ3n) is 2.79. The van der Waals surface area contributed by atoms with Crippen molar-refractivity contribution in [3.8, 4) is 0 Å². The number of nitrogens with two attached hydrogens (primary N) is 1. The van der Waals surface area contributed by atoms with Gasteiger partial charge in [-0.25, -0.2) is 9.48 Å². The third kappa shape index (κ3) is 2.61. The highest BCUT2D eigenvalue weighted by Crippen LogP contribution is 2.18. The minimum absolute atomic E-state index is 0.0182. The maximum atomic E-state index is 11.7. The van der Waals surface area contributed by atoms with Crippen molar-refractivity contribution in [3.05, 3.63) is 62.2 Å².